The van der Waals surface area contributed by atoms with Gasteiger partial charge in [-0.25, -0.2) is 0 Å². The standard InChI is InChI=1S/C17H10BrN5S/c18-12-7-5-10(6-8-12)16-22-23-15(20-21-17(23)24-16)14-9-11-3-1-2-4-13(11)19-14/h1-9,19H. The summed E-state index contributed by atoms with van der Waals surface area (Å²) in [7, 11) is 0. The minimum atomic E-state index is 0.723. The number of para-hydroxylation sites is 1. The summed E-state index contributed by atoms with van der Waals surface area (Å²) in [6.07, 6.45) is 0. The molecule has 7 heteroatoms. The maximum atomic E-state index is 4.69. The third-order valence-electron chi connectivity index (χ3n) is 3.85. The molecule has 5 rings (SSSR count). The zero-order valence-electron chi connectivity index (χ0n) is 12.3. The van der Waals surface area contributed by atoms with Crippen LogP contribution in [0.25, 0.3) is 38.0 Å². The number of hydrogen-bond donors (Lipinski definition) is 1. The zero-order chi connectivity index (χ0) is 16.1. The second kappa shape index (κ2) is 5.25. The van der Waals surface area contributed by atoms with Crippen LogP contribution in [0.3, 0.4) is 0 Å². The summed E-state index contributed by atoms with van der Waals surface area (Å²) in [5, 5.41) is 15.3. The molecule has 0 saturated heterocycles. The molecule has 0 amide bonds. The van der Waals surface area contributed by atoms with Gasteiger partial charge in [-0.1, -0.05) is 57.6 Å². The molecular formula is C17H10BrN5S. The third-order valence-corrected chi connectivity index (χ3v) is 5.33. The van der Waals surface area contributed by atoms with Crippen molar-refractivity contribution in [3.8, 4) is 22.1 Å². The van der Waals surface area contributed by atoms with E-state index >= 15 is 0 Å². The van der Waals surface area contributed by atoms with Gasteiger partial charge in [0.25, 0.3) is 0 Å². The van der Waals surface area contributed by atoms with Crippen LogP contribution in [0, 0.1) is 0 Å². The summed E-state index contributed by atoms with van der Waals surface area (Å²) in [6.45, 7) is 0. The normalized spacial score (nSPS) is 11.5. The Bertz CT molecular complexity index is 1140. The molecule has 0 aliphatic rings. The Morgan fingerprint density at radius 1 is 1.00 bits per heavy atom. The van der Waals surface area contributed by atoms with Gasteiger partial charge in [0.05, 0.1) is 5.69 Å². The first-order valence-corrected chi connectivity index (χ1v) is 8.95. The number of aromatic amines is 1. The molecule has 0 radical (unpaired) electrons. The second-order valence-corrected chi connectivity index (χ2v) is 7.27. The minimum absolute atomic E-state index is 0.723. The van der Waals surface area contributed by atoms with E-state index < -0.39 is 0 Å². The average molecular weight is 396 g/mol. The number of rotatable bonds is 2. The van der Waals surface area contributed by atoms with Crippen molar-refractivity contribution in [1.82, 2.24) is 24.8 Å². The number of halogens is 1. The van der Waals surface area contributed by atoms with E-state index in [4.69, 9.17) is 5.10 Å². The highest BCUT2D eigenvalue weighted by atomic mass is 79.9. The van der Waals surface area contributed by atoms with E-state index in [1.165, 1.54) is 11.3 Å². The summed E-state index contributed by atoms with van der Waals surface area (Å²) in [5.41, 5.74) is 3.06. The molecule has 0 fully saturated rings. The van der Waals surface area contributed by atoms with E-state index in [1.807, 2.05) is 42.5 Å². The molecule has 0 aliphatic heterocycles. The van der Waals surface area contributed by atoms with Gasteiger partial charge in [-0.3, -0.25) is 0 Å². The van der Waals surface area contributed by atoms with E-state index in [1.54, 1.807) is 4.52 Å². The van der Waals surface area contributed by atoms with Crippen LogP contribution in [0.2, 0.25) is 0 Å². The number of fused-ring (bicyclic) bond motifs is 2. The molecule has 5 aromatic rings. The van der Waals surface area contributed by atoms with E-state index in [0.717, 1.165) is 42.4 Å². The van der Waals surface area contributed by atoms with Crippen LogP contribution < -0.4 is 0 Å². The van der Waals surface area contributed by atoms with E-state index in [9.17, 15) is 0 Å². The molecule has 0 unspecified atom stereocenters. The van der Waals surface area contributed by atoms with Crippen LogP contribution in [0.15, 0.2) is 59.1 Å². The number of aromatic nitrogens is 5. The zero-order valence-corrected chi connectivity index (χ0v) is 14.7. The van der Waals surface area contributed by atoms with Crippen molar-refractivity contribution in [2.45, 2.75) is 0 Å². The van der Waals surface area contributed by atoms with E-state index in [0.29, 0.717) is 0 Å². The highest BCUT2D eigenvalue weighted by molar-refractivity contribution is 9.10. The Hall–Kier alpha value is -2.51. The molecule has 116 valence electrons. The molecule has 3 heterocycles. The predicted octanol–water partition coefficient (Wildman–Crippen LogP) is 4.76. The molecule has 24 heavy (non-hydrogen) atoms. The summed E-state index contributed by atoms with van der Waals surface area (Å²) < 4.78 is 2.85. The topological polar surface area (TPSA) is 58.9 Å². The van der Waals surface area contributed by atoms with Crippen LogP contribution in [0.1, 0.15) is 0 Å². The lowest BCUT2D eigenvalue weighted by Gasteiger charge is -1.95. The Morgan fingerprint density at radius 3 is 2.67 bits per heavy atom. The van der Waals surface area contributed by atoms with Gasteiger partial charge in [0.1, 0.15) is 5.01 Å². The van der Waals surface area contributed by atoms with Gasteiger partial charge in [-0.05, 0) is 24.3 Å². The fourth-order valence-electron chi connectivity index (χ4n) is 2.69. The molecule has 0 atom stereocenters. The fourth-order valence-corrected chi connectivity index (χ4v) is 3.80. The molecule has 0 saturated carbocycles. The van der Waals surface area contributed by atoms with Crippen molar-refractivity contribution in [3.63, 3.8) is 0 Å². The second-order valence-electron chi connectivity index (χ2n) is 5.40. The molecule has 5 nitrogen and oxygen atoms in total. The quantitative estimate of drug-likeness (QED) is 0.468. The van der Waals surface area contributed by atoms with Crippen LogP contribution >= 0.6 is 27.3 Å². The molecular weight excluding hydrogens is 386 g/mol. The molecule has 0 bridgehead atoms. The highest BCUT2D eigenvalue weighted by Crippen LogP contribution is 2.29. The first-order valence-electron chi connectivity index (χ1n) is 7.34. The molecule has 3 aromatic heterocycles. The number of hydrogen-bond acceptors (Lipinski definition) is 4. The first-order chi connectivity index (χ1) is 11.8. The number of nitrogens with one attached hydrogen (secondary N) is 1. The van der Waals surface area contributed by atoms with Gasteiger partial charge < -0.3 is 4.98 Å². The van der Waals surface area contributed by atoms with Crippen molar-refractivity contribution in [3.05, 3.63) is 59.1 Å². The lowest BCUT2D eigenvalue weighted by atomic mass is 10.2. The van der Waals surface area contributed by atoms with E-state index in [2.05, 4.69) is 43.2 Å². The monoisotopic (exact) mass is 395 g/mol. The van der Waals surface area contributed by atoms with Crippen molar-refractivity contribution in [2.75, 3.05) is 0 Å². The third kappa shape index (κ3) is 2.16. The summed E-state index contributed by atoms with van der Waals surface area (Å²) in [5.74, 6) is 0.723. The van der Waals surface area contributed by atoms with Gasteiger partial charge in [0.2, 0.25) is 10.8 Å². The smallest absolute Gasteiger partial charge is 0.235 e. The fraction of sp³-hybridized carbons (Fsp3) is 0. The van der Waals surface area contributed by atoms with Crippen molar-refractivity contribution in [1.29, 1.82) is 0 Å². The molecule has 0 spiro atoms. The summed E-state index contributed by atoms with van der Waals surface area (Å²) >= 11 is 4.98. The molecule has 2 aromatic carbocycles. The predicted molar refractivity (Wildman–Crippen MR) is 99.1 cm³/mol. The SMILES string of the molecule is Brc1ccc(-c2nn3c(-c4cc5ccccc5[nH]4)nnc3s2)cc1. The maximum absolute atomic E-state index is 4.69. The molecule has 1 N–H and O–H groups in total. The Morgan fingerprint density at radius 2 is 1.83 bits per heavy atom. The lowest BCUT2D eigenvalue weighted by molar-refractivity contribution is 0.965. The maximum Gasteiger partial charge on any atom is 0.235 e. The average Bonchev–Trinajstić information content (AvgIpc) is 3.28. The Balaban J connectivity index is 1.65. The van der Waals surface area contributed by atoms with Gasteiger partial charge in [0.15, 0.2) is 0 Å². The van der Waals surface area contributed by atoms with Crippen LogP contribution in [-0.4, -0.2) is 24.8 Å². The van der Waals surface area contributed by atoms with Gasteiger partial charge in [0, 0.05) is 20.9 Å². The summed E-state index contributed by atoms with van der Waals surface area (Å²) in [4.78, 5) is 4.16. The van der Waals surface area contributed by atoms with Crippen LogP contribution in [0.5, 0.6) is 0 Å². The Labute approximate surface area is 149 Å². The van der Waals surface area contributed by atoms with Crippen LogP contribution in [0.4, 0.5) is 0 Å². The van der Waals surface area contributed by atoms with Gasteiger partial charge >= 0.3 is 0 Å². The van der Waals surface area contributed by atoms with Crippen molar-refractivity contribution in [2.24, 2.45) is 0 Å². The number of nitrogens with zero attached hydrogens (tertiary/aromatic N) is 4. The minimum Gasteiger partial charge on any atom is -0.352 e. The highest BCUT2D eigenvalue weighted by Gasteiger charge is 2.16. The largest absolute Gasteiger partial charge is 0.352 e. The van der Waals surface area contributed by atoms with Crippen molar-refractivity contribution >= 4 is 43.1 Å². The summed E-state index contributed by atoms with van der Waals surface area (Å²) in [6, 6.07) is 18.3. The number of benzene rings is 2. The number of H-pyrrole nitrogens is 1. The van der Waals surface area contributed by atoms with E-state index in [-0.39, 0.29) is 0 Å². The lowest BCUT2D eigenvalue weighted by Crippen LogP contribution is -1.91. The molecule has 0 aliphatic carbocycles. The first kappa shape index (κ1) is 13.9. The van der Waals surface area contributed by atoms with Crippen molar-refractivity contribution < 1.29 is 0 Å². The Kier molecular flexibility index (Phi) is 3.04. The van der Waals surface area contributed by atoms with Gasteiger partial charge in [-0.2, -0.15) is 9.61 Å². The van der Waals surface area contributed by atoms with Gasteiger partial charge in [-0.15, -0.1) is 10.2 Å². The van der Waals surface area contributed by atoms with Crippen LogP contribution in [-0.2, 0) is 0 Å².